The Kier molecular flexibility index (Phi) is 4.29. The number of nitriles is 1. The minimum absolute atomic E-state index is 0.559. The number of aryl methyl sites for hydroxylation is 1. The number of nitrogens with zero attached hydrogens (tertiary/aromatic N) is 7. The molecule has 5 heterocycles. The molecule has 1 aliphatic heterocycles. The molecule has 1 saturated heterocycles. The lowest BCUT2D eigenvalue weighted by molar-refractivity contribution is 0.494. The average Bonchev–Trinajstić information content (AvgIpc) is 3.56. The Morgan fingerprint density at radius 2 is 1.78 bits per heavy atom. The van der Waals surface area contributed by atoms with Crippen LogP contribution in [0.3, 0.4) is 0 Å². The van der Waals surface area contributed by atoms with Gasteiger partial charge in [-0.3, -0.25) is 4.68 Å². The van der Waals surface area contributed by atoms with Crippen LogP contribution in [0.2, 0.25) is 0 Å². The molecule has 0 spiro atoms. The molecule has 7 heteroatoms. The molecular weight excluding hydrogens is 398 g/mol. The molecule has 0 N–H and O–H groups in total. The van der Waals surface area contributed by atoms with E-state index < -0.39 is 0 Å². The fourth-order valence-corrected chi connectivity index (χ4v) is 5.67. The van der Waals surface area contributed by atoms with Crippen molar-refractivity contribution in [1.29, 1.82) is 5.26 Å². The van der Waals surface area contributed by atoms with Gasteiger partial charge >= 0.3 is 0 Å². The van der Waals surface area contributed by atoms with Gasteiger partial charge in [-0.05, 0) is 48.8 Å². The lowest BCUT2D eigenvalue weighted by Crippen LogP contribution is -2.22. The van der Waals surface area contributed by atoms with Crippen LogP contribution in [0.5, 0.6) is 0 Å². The Bertz CT molecular complexity index is 1330. The molecule has 7 nitrogen and oxygen atoms in total. The van der Waals surface area contributed by atoms with Crippen LogP contribution in [-0.4, -0.2) is 37.5 Å². The summed E-state index contributed by atoms with van der Waals surface area (Å²) >= 11 is 0. The van der Waals surface area contributed by atoms with Gasteiger partial charge in [0.15, 0.2) is 0 Å². The first-order valence-electron chi connectivity index (χ1n) is 11.2. The summed E-state index contributed by atoms with van der Waals surface area (Å²) in [7, 11) is 1.90. The summed E-state index contributed by atoms with van der Waals surface area (Å²) in [5.41, 5.74) is 5.30. The molecule has 0 aromatic carbocycles. The first-order chi connectivity index (χ1) is 15.6. The van der Waals surface area contributed by atoms with E-state index in [0.29, 0.717) is 5.56 Å². The predicted octanol–water partition coefficient (Wildman–Crippen LogP) is 4.15. The van der Waals surface area contributed by atoms with Crippen LogP contribution in [0.1, 0.15) is 25.3 Å². The van der Waals surface area contributed by atoms with Crippen molar-refractivity contribution in [2.75, 3.05) is 18.0 Å². The van der Waals surface area contributed by atoms with Crippen LogP contribution in [0.4, 0.5) is 5.82 Å². The Hall–Kier alpha value is -3.66. The second-order valence-electron chi connectivity index (χ2n) is 9.42. The first kappa shape index (κ1) is 19.1. The van der Waals surface area contributed by atoms with Crippen molar-refractivity contribution < 1.29 is 0 Å². The van der Waals surface area contributed by atoms with E-state index in [1.165, 1.54) is 12.8 Å². The highest BCUT2D eigenvalue weighted by Crippen LogP contribution is 2.42. The minimum atomic E-state index is 0.559. The molecule has 2 fully saturated rings. The van der Waals surface area contributed by atoms with Crippen LogP contribution in [0.25, 0.3) is 27.8 Å². The summed E-state index contributed by atoms with van der Waals surface area (Å²) in [6, 6.07) is 8.62. The van der Waals surface area contributed by atoms with Crippen LogP contribution in [0.15, 0.2) is 49.2 Å². The highest BCUT2D eigenvalue weighted by molar-refractivity contribution is 5.87. The summed E-state index contributed by atoms with van der Waals surface area (Å²) < 4.78 is 3.57. The van der Waals surface area contributed by atoms with E-state index in [4.69, 9.17) is 4.98 Å². The van der Waals surface area contributed by atoms with E-state index >= 15 is 0 Å². The predicted molar refractivity (Wildman–Crippen MR) is 123 cm³/mol. The second kappa shape index (κ2) is 7.20. The third kappa shape index (κ3) is 3.06. The molecule has 3 atom stereocenters. The maximum atomic E-state index is 9.63. The second-order valence-corrected chi connectivity index (χ2v) is 9.42. The fraction of sp³-hybridized carbons (Fsp3) is 0.360. The van der Waals surface area contributed by atoms with Gasteiger partial charge in [0, 0.05) is 61.0 Å². The normalized spacial score (nSPS) is 22.4. The molecule has 0 unspecified atom stereocenters. The highest BCUT2D eigenvalue weighted by atomic mass is 15.2. The number of aromatic nitrogens is 5. The Labute approximate surface area is 186 Å². The van der Waals surface area contributed by atoms with Gasteiger partial charge in [-0.2, -0.15) is 15.5 Å². The number of pyridine rings is 2. The van der Waals surface area contributed by atoms with Gasteiger partial charge in [-0.15, -0.1) is 0 Å². The maximum Gasteiger partial charge on any atom is 0.128 e. The van der Waals surface area contributed by atoms with E-state index in [2.05, 4.69) is 46.3 Å². The molecule has 160 valence electrons. The smallest absolute Gasteiger partial charge is 0.128 e. The van der Waals surface area contributed by atoms with Gasteiger partial charge in [0.2, 0.25) is 0 Å². The van der Waals surface area contributed by atoms with Gasteiger partial charge in [-0.25, -0.2) is 9.50 Å². The number of fused-ring (bicyclic) bond motifs is 2. The maximum absolute atomic E-state index is 9.63. The topological polar surface area (TPSA) is 75.0 Å². The molecule has 2 aliphatic rings. The van der Waals surface area contributed by atoms with Crippen molar-refractivity contribution in [2.45, 2.75) is 19.8 Å². The SMILES string of the molecule is C[C@@H]1C[C@@H]2CN(c3ccc(-c4cc(-c5cnn(C)c5)cn5ncc(C#N)c45)cn3)C[C@@H]2C1. The number of rotatable bonds is 3. The molecular formula is C25H25N7. The van der Waals surface area contributed by atoms with Crippen LogP contribution in [-0.2, 0) is 7.05 Å². The molecule has 1 saturated carbocycles. The van der Waals surface area contributed by atoms with E-state index in [9.17, 15) is 5.26 Å². The van der Waals surface area contributed by atoms with Gasteiger partial charge < -0.3 is 4.90 Å². The molecule has 6 rings (SSSR count). The number of hydrogen-bond donors (Lipinski definition) is 0. The van der Waals surface area contributed by atoms with Crippen molar-refractivity contribution in [2.24, 2.45) is 24.8 Å². The third-order valence-corrected chi connectivity index (χ3v) is 7.14. The van der Waals surface area contributed by atoms with Crippen LogP contribution < -0.4 is 4.90 Å². The zero-order valence-electron chi connectivity index (χ0n) is 18.3. The van der Waals surface area contributed by atoms with E-state index in [-0.39, 0.29) is 0 Å². The van der Waals surface area contributed by atoms with Crippen LogP contribution in [0, 0.1) is 29.1 Å². The first-order valence-corrected chi connectivity index (χ1v) is 11.2. The quantitative estimate of drug-likeness (QED) is 0.495. The summed E-state index contributed by atoms with van der Waals surface area (Å²) in [5, 5.41) is 18.4. The highest BCUT2D eigenvalue weighted by Gasteiger charge is 2.39. The van der Waals surface area contributed by atoms with Crippen molar-refractivity contribution >= 4 is 11.3 Å². The Balaban J connectivity index is 1.38. The molecule has 0 radical (unpaired) electrons. The summed E-state index contributed by atoms with van der Waals surface area (Å²) in [6.45, 7) is 4.61. The van der Waals surface area contributed by atoms with Crippen molar-refractivity contribution in [3.63, 3.8) is 0 Å². The molecule has 1 aliphatic carbocycles. The minimum Gasteiger partial charge on any atom is -0.356 e. The Morgan fingerprint density at radius 3 is 2.44 bits per heavy atom. The zero-order valence-corrected chi connectivity index (χ0v) is 18.3. The van der Waals surface area contributed by atoms with Crippen LogP contribution >= 0.6 is 0 Å². The molecule has 32 heavy (non-hydrogen) atoms. The zero-order chi connectivity index (χ0) is 21.8. The number of hydrogen-bond acceptors (Lipinski definition) is 5. The van der Waals surface area contributed by atoms with Crippen molar-refractivity contribution in [3.8, 4) is 28.3 Å². The summed E-state index contributed by atoms with van der Waals surface area (Å²) in [6.07, 6.45) is 12.0. The van der Waals surface area contributed by atoms with E-state index in [1.807, 2.05) is 31.8 Å². The molecule has 4 aromatic heterocycles. The van der Waals surface area contributed by atoms with Crippen molar-refractivity contribution in [1.82, 2.24) is 24.4 Å². The monoisotopic (exact) mass is 423 g/mol. The van der Waals surface area contributed by atoms with Crippen molar-refractivity contribution in [3.05, 3.63) is 54.7 Å². The van der Waals surface area contributed by atoms with Gasteiger partial charge in [0.05, 0.1) is 23.5 Å². The lowest BCUT2D eigenvalue weighted by atomic mass is 10.0. The summed E-state index contributed by atoms with van der Waals surface area (Å²) in [4.78, 5) is 7.27. The third-order valence-electron chi connectivity index (χ3n) is 7.14. The standard InChI is InChI=1S/C25H25N7/c1-16-5-18-13-31(14-19(18)6-16)24-4-3-17(9-27-24)23-7-20(22-11-28-30(2)12-22)15-32-25(23)21(8-26)10-29-32/h3-4,7,9-12,15-16,18-19H,5-6,13-14H2,1-2H3/t16-,18-,19+. The summed E-state index contributed by atoms with van der Waals surface area (Å²) in [5.74, 6) is 3.53. The Morgan fingerprint density at radius 1 is 0.969 bits per heavy atom. The van der Waals surface area contributed by atoms with Gasteiger partial charge in [0.25, 0.3) is 0 Å². The number of anilines is 1. The van der Waals surface area contributed by atoms with E-state index in [1.54, 1.807) is 15.4 Å². The molecule has 4 aromatic rings. The van der Waals surface area contributed by atoms with Gasteiger partial charge in [0.1, 0.15) is 11.9 Å². The molecule has 0 amide bonds. The average molecular weight is 424 g/mol. The largest absolute Gasteiger partial charge is 0.356 e. The fourth-order valence-electron chi connectivity index (χ4n) is 5.67. The lowest BCUT2D eigenvalue weighted by Gasteiger charge is -2.19. The van der Waals surface area contributed by atoms with E-state index in [0.717, 1.165) is 64.4 Å². The molecule has 0 bridgehead atoms. The van der Waals surface area contributed by atoms with Gasteiger partial charge in [-0.1, -0.05) is 6.92 Å².